The average molecular weight is 412 g/mol. The number of para-hydroxylation sites is 1. The smallest absolute Gasteiger partial charge is 0.255 e. The molecule has 2 aromatic carbocycles. The zero-order chi connectivity index (χ0) is 21.0. The highest BCUT2D eigenvalue weighted by molar-refractivity contribution is 7.80. The topological polar surface area (TPSA) is 71.6 Å². The van der Waals surface area contributed by atoms with Crippen LogP contribution >= 0.6 is 12.2 Å². The Morgan fingerprint density at radius 2 is 1.86 bits per heavy atom. The number of hydrogen-bond acceptors (Lipinski definition) is 4. The summed E-state index contributed by atoms with van der Waals surface area (Å²) in [6.45, 7) is 5.75. The van der Waals surface area contributed by atoms with Crippen LogP contribution in [0.15, 0.2) is 59.8 Å². The van der Waals surface area contributed by atoms with Crippen molar-refractivity contribution in [3.05, 3.63) is 65.4 Å². The zero-order valence-corrected chi connectivity index (χ0v) is 17.7. The van der Waals surface area contributed by atoms with Gasteiger partial charge in [-0.1, -0.05) is 24.3 Å². The van der Waals surface area contributed by atoms with Crippen LogP contribution in [0.4, 0.5) is 5.69 Å². The number of nitrogens with one attached hydrogen (secondary N) is 3. The summed E-state index contributed by atoms with van der Waals surface area (Å²) < 4.78 is 11.3. The number of rotatable bonds is 6. The number of carbonyl (C=O) groups is 1. The Morgan fingerprint density at radius 3 is 2.52 bits per heavy atom. The van der Waals surface area contributed by atoms with Crippen LogP contribution in [0.3, 0.4) is 0 Å². The van der Waals surface area contributed by atoms with E-state index in [0.717, 1.165) is 11.3 Å². The minimum Gasteiger partial charge on any atom is -0.493 e. The van der Waals surface area contributed by atoms with Crippen LogP contribution in [0.5, 0.6) is 11.5 Å². The van der Waals surface area contributed by atoms with Gasteiger partial charge in [-0.15, -0.1) is 0 Å². The fourth-order valence-electron chi connectivity index (χ4n) is 3.18. The molecule has 1 aliphatic heterocycles. The second-order valence-electron chi connectivity index (χ2n) is 6.97. The van der Waals surface area contributed by atoms with E-state index in [1.54, 1.807) is 7.11 Å². The zero-order valence-electron chi connectivity index (χ0n) is 16.9. The molecule has 3 N–H and O–H groups in total. The molecule has 6 nitrogen and oxygen atoms in total. The van der Waals surface area contributed by atoms with Gasteiger partial charge in [0.15, 0.2) is 16.6 Å². The lowest BCUT2D eigenvalue weighted by molar-refractivity contribution is -0.113. The molecule has 0 aromatic heterocycles. The molecule has 1 atom stereocenters. The monoisotopic (exact) mass is 411 g/mol. The second kappa shape index (κ2) is 8.96. The second-order valence-corrected chi connectivity index (χ2v) is 7.38. The molecule has 2 aromatic rings. The minimum atomic E-state index is -0.422. The molecule has 0 radical (unpaired) electrons. The number of allylic oxidation sites excluding steroid dienone is 1. The van der Waals surface area contributed by atoms with Gasteiger partial charge in [0, 0.05) is 11.4 Å². The maximum Gasteiger partial charge on any atom is 0.255 e. The third kappa shape index (κ3) is 4.86. The highest BCUT2D eigenvalue weighted by Crippen LogP contribution is 2.35. The molecule has 29 heavy (non-hydrogen) atoms. The summed E-state index contributed by atoms with van der Waals surface area (Å²) in [6.07, 6.45) is 0.0219. The highest BCUT2D eigenvalue weighted by Gasteiger charge is 2.30. The van der Waals surface area contributed by atoms with Crippen LogP contribution in [0.2, 0.25) is 0 Å². The molecule has 1 amide bonds. The van der Waals surface area contributed by atoms with Gasteiger partial charge in [0.25, 0.3) is 5.91 Å². The first-order valence-corrected chi connectivity index (χ1v) is 9.79. The maximum atomic E-state index is 13.1. The SMILES string of the molecule is COc1cc(C2NC(=S)NC(C)=C2C(=O)Nc2ccccc2)ccc1OC(C)C. The highest BCUT2D eigenvalue weighted by atomic mass is 32.1. The van der Waals surface area contributed by atoms with Gasteiger partial charge in [0.2, 0.25) is 0 Å². The van der Waals surface area contributed by atoms with Gasteiger partial charge >= 0.3 is 0 Å². The maximum absolute atomic E-state index is 13.1. The first-order valence-electron chi connectivity index (χ1n) is 9.38. The van der Waals surface area contributed by atoms with Gasteiger partial charge in [-0.25, -0.2) is 0 Å². The normalized spacial score (nSPS) is 16.2. The van der Waals surface area contributed by atoms with Crippen molar-refractivity contribution in [2.24, 2.45) is 0 Å². The lowest BCUT2D eigenvalue weighted by Crippen LogP contribution is -2.45. The van der Waals surface area contributed by atoms with Crippen molar-refractivity contribution >= 4 is 28.9 Å². The first-order chi connectivity index (χ1) is 13.9. The average Bonchev–Trinajstić information content (AvgIpc) is 2.68. The van der Waals surface area contributed by atoms with E-state index in [1.165, 1.54) is 0 Å². The predicted molar refractivity (Wildman–Crippen MR) is 118 cm³/mol. The van der Waals surface area contributed by atoms with Gasteiger partial charge in [0.05, 0.1) is 24.8 Å². The molecule has 1 heterocycles. The van der Waals surface area contributed by atoms with Crippen LogP contribution in [-0.2, 0) is 4.79 Å². The Bertz CT molecular complexity index is 942. The van der Waals surface area contributed by atoms with Crippen LogP contribution in [-0.4, -0.2) is 24.2 Å². The van der Waals surface area contributed by atoms with Crippen molar-refractivity contribution in [1.82, 2.24) is 10.6 Å². The number of hydrogen-bond donors (Lipinski definition) is 3. The van der Waals surface area contributed by atoms with E-state index in [4.69, 9.17) is 21.7 Å². The van der Waals surface area contributed by atoms with E-state index in [1.807, 2.05) is 69.3 Å². The molecular formula is C22H25N3O3S. The summed E-state index contributed by atoms with van der Waals surface area (Å²) in [5, 5.41) is 9.65. The van der Waals surface area contributed by atoms with Gasteiger partial charge in [-0.2, -0.15) is 0 Å². The Labute approximate surface area is 176 Å². The summed E-state index contributed by atoms with van der Waals surface area (Å²) in [7, 11) is 1.59. The van der Waals surface area contributed by atoms with Gasteiger partial charge < -0.3 is 25.4 Å². The summed E-state index contributed by atoms with van der Waals surface area (Å²) in [5.74, 6) is 1.05. The molecule has 152 valence electrons. The number of benzene rings is 2. The van der Waals surface area contributed by atoms with Gasteiger partial charge in [0.1, 0.15) is 0 Å². The minimum absolute atomic E-state index is 0.0219. The van der Waals surface area contributed by atoms with Crippen molar-refractivity contribution in [3.8, 4) is 11.5 Å². The molecule has 0 spiro atoms. The predicted octanol–water partition coefficient (Wildman–Crippen LogP) is 3.91. The number of methoxy groups -OCH3 is 1. The number of carbonyl (C=O) groups excluding carboxylic acids is 1. The fraction of sp³-hybridized carbons (Fsp3) is 0.273. The Balaban J connectivity index is 1.96. The van der Waals surface area contributed by atoms with Crippen LogP contribution in [0.1, 0.15) is 32.4 Å². The van der Waals surface area contributed by atoms with E-state index >= 15 is 0 Å². The van der Waals surface area contributed by atoms with Crippen LogP contribution in [0.25, 0.3) is 0 Å². The largest absolute Gasteiger partial charge is 0.493 e. The number of anilines is 1. The van der Waals surface area contributed by atoms with Crippen LogP contribution < -0.4 is 25.4 Å². The molecule has 1 unspecified atom stereocenters. The molecule has 0 fully saturated rings. The van der Waals surface area contributed by atoms with E-state index in [-0.39, 0.29) is 12.0 Å². The number of amides is 1. The van der Waals surface area contributed by atoms with E-state index in [2.05, 4.69) is 16.0 Å². The number of ether oxygens (including phenoxy) is 2. The third-order valence-corrected chi connectivity index (χ3v) is 4.65. The third-order valence-electron chi connectivity index (χ3n) is 4.43. The fourth-order valence-corrected chi connectivity index (χ4v) is 3.45. The molecule has 7 heteroatoms. The Kier molecular flexibility index (Phi) is 6.39. The molecule has 1 aliphatic rings. The Hall–Kier alpha value is -3.06. The molecular weight excluding hydrogens is 386 g/mol. The van der Waals surface area contributed by atoms with Crippen LogP contribution in [0, 0.1) is 0 Å². The van der Waals surface area contributed by atoms with Crippen molar-refractivity contribution in [3.63, 3.8) is 0 Å². The molecule has 3 rings (SSSR count). The van der Waals surface area contributed by atoms with Gasteiger partial charge in [-0.3, -0.25) is 4.79 Å². The summed E-state index contributed by atoms with van der Waals surface area (Å²) in [4.78, 5) is 13.1. The van der Waals surface area contributed by atoms with Gasteiger partial charge in [-0.05, 0) is 62.8 Å². The van der Waals surface area contributed by atoms with E-state index in [9.17, 15) is 4.79 Å². The summed E-state index contributed by atoms with van der Waals surface area (Å²) in [6, 6.07) is 14.5. The van der Waals surface area contributed by atoms with E-state index < -0.39 is 6.04 Å². The molecule has 0 aliphatic carbocycles. The summed E-state index contributed by atoms with van der Waals surface area (Å²) >= 11 is 5.33. The van der Waals surface area contributed by atoms with E-state index in [0.29, 0.717) is 27.9 Å². The molecule has 0 saturated carbocycles. The lowest BCUT2D eigenvalue weighted by Gasteiger charge is -2.30. The Morgan fingerprint density at radius 1 is 1.14 bits per heavy atom. The molecule has 0 bridgehead atoms. The van der Waals surface area contributed by atoms with Crippen molar-refractivity contribution in [1.29, 1.82) is 0 Å². The lowest BCUT2D eigenvalue weighted by atomic mass is 9.94. The van der Waals surface area contributed by atoms with Crippen molar-refractivity contribution < 1.29 is 14.3 Å². The standard InChI is InChI=1S/C22H25N3O3S/c1-13(2)28-17-11-10-15(12-18(17)27-4)20-19(14(3)23-22(29)25-20)21(26)24-16-8-6-5-7-9-16/h5-13,20H,1-4H3,(H,24,26)(H2,23,25,29). The quantitative estimate of drug-likeness (QED) is 0.626. The first kappa shape index (κ1) is 20.7. The molecule has 0 saturated heterocycles. The van der Waals surface area contributed by atoms with Crippen molar-refractivity contribution in [2.45, 2.75) is 32.9 Å². The van der Waals surface area contributed by atoms with Crippen molar-refractivity contribution in [2.75, 3.05) is 12.4 Å². The summed E-state index contributed by atoms with van der Waals surface area (Å²) in [5.41, 5.74) is 2.83. The number of thiocarbonyl (C=S) groups is 1.